The van der Waals surface area contributed by atoms with Crippen molar-refractivity contribution in [1.29, 1.82) is 0 Å². The van der Waals surface area contributed by atoms with Gasteiger partial charge in [-0.3, -0.25) is 14.9 Å². The molecule has 1 rings (SSSR count). The van der Waals surface area contributed by atoms with Crippen molar-refractivity contribution in [3.8, 4) is 11.5 Å². The molecule has 0 bridgehead atoms. The van der Waals surface area contributed by atoms with Gasteiger partial charge in [-0.1, -0.05) is 0 Å². The summed E-state index contributed by atoms with van der Waals surface area (Å²) in [6.07, 6.45) is 0.0691. The van der Waals surface area contributed by atoms with Crippen molar-refractivity contribution >= 4 is 11.7 Å². The lowest BCUT2D eigenvalue weighted by molar-refractivity contribution is -0.384. The third-order valence-electron chi connectivity index (χ3n) is 2.24. The molecule has 0 saturated heterocycles. The molecule has 7 nitrogen and oxygen atoms in total. The summed E-state index contributed by atoms with van der Waals surface area (Å²) in [5, 5.41) is 10.7. The van der Waals surface area contributed by atoms with Crippen LogP contribution in [0.1, 0.15) is 13.3 Å². The highest BCUT2D eigenvalue weighted by atomic mass is 16.6. The van der Waals surface area contributed by atoms with Gasteiger partial charge in [-0.05, 0) is 13.0 Å². The number of non-ortho nitro benzene ring substituents is 1. The van der Waals surface area contributed by atoms with Gasteiger partial charge in [0.15, 0.2) is 11.5 Å². The van der Waals surface area contributed by atoms with Crippen molar-refractivity contribution < 1.29 is 23.9 Å². The molecule has 0 N–H and O–H groups in total. The second kappa shape index (κ2) is 7.32. The molecule has 0 radical (unpaired) electrons. The van der Waals surface area contributed by atoms with Crippen molar-refractivity contribution in [1.82, 2.24) is 0 Å². The second-order valence-electron chi connectivity index (χ2n) is 3.51. The SMILES string of the molecule is CCOCCC(=O)Oc1cc([N+](=O)[O-])ccc1OC. The fourth-order valence-electron chi connectivity index (χ4n) is 1.33. The number of ether oxygens (including phenoxy) is 3. The minimum absolute atomic E-state index is 0.0261. The second-order valence-corrected chi connectivity index (χ2v) is 3.51. The molecule has 0 aliphatic heterocycles. The summed E-state index contributed by atoms with van der Waals surface area (Å²) in [5.74, 6) is -0.249. The summed E-state index contributed by atoms with van der Waals surface area (Å²) in [6, 6.07) is 3.80. The molecule has 0 aliphatic carbocycles. The van der Waals surface area contributed by atoms with Gasteiger partial charge in [-0.15, -0.1) is 0 Å². The van der Waals surface area contributed by atoms with Crippen LogP contribution in [0, 0.1) is 10.1 Å². The maximum Gasteiger partial charge on any atom is 0.313 e. The molecule has 1 aromatic carbocycles. The Labute approximate surface area is 110 Å². The van der Waals surface area contributed by atoms with Crippen molar-refractivity contribution in [2.75, 3.05) is 20.3 Å². The van der Waals surface area contributed by atoms with E-state index in [4.69, 9.17) is 14.2 Å². The number of nitrogens with zero attached hydrogens (tertiary/aromatic N) is 1. The molecule has 0 fully saturated rings. The Hall–Kier alpha value is -2.15. The van der Waals surface area contributed by atoms with E-state index in [-0.39, 0.29) is 30.2 Å². The number of nitro benzene ring substituents is 1. The zero-order chi connectivity index (χ0) is 14.3. The van der Waals surface area contributed by atoms with Crippen molar-refractivity contribution in [3.05, 3.63) is 28.3 Å². The van der Waals surface area contributed by atoms with Crippen LogP contribution in [0.15, 0.2) is 18.2 Å². The van der Waals surface area contributed by atoms with Crippen LogP contribution in [-0.4, -0.2) is 31.2 Å². The lowest BCUT2D eigenvalue weighted by Gasteiger charge is -2.08. The molecule has 0 amide bonds. The highest BCUT2D eigenvalue weighted by Crippen LogP contribution is 2.31. The quantitative estimate of drug-likeness (QED) is 0.247. The Morgan fingerprint density at radius 2 is 2.11 bits per heavy atom. The summed E-state index contributed by atoms with van der Waals surface area (Å²) in [4.78, 5) is 21.6. The first-order valence-corrected chi connectivity index (χ1v) is 5.69. The fraction of sp³-hybridized carbons (Fsp3) is 0.417. The smallest absolute Gasteiger partial charge is 0.313 e. The van der Waals surface area contributed by atoms with Gasteiger partial charge in [0, 0.05) is 12.7 Å². The molecule has 0 heterocycles. The standard InChI is InChI=1S/C12H15NO6/c1-3-18-7-6-12(14)19-11-8-9(13(15)16)4-5-10(11)17-2/h4-5,8H,3,6-7H2,1-2H3. The van der Waals surface area contributed by atoms with Crippen LogP contribution in [0.2, 0.25) is 0 Å². The number of hydrogen-bond acceptors (Lipinski definition) is 6. The van der Waals surface area contributed by atoms with Gasteiger partial charge in [-0.25, -0.2) is 0 Å². The molecule has 0 aliphatic rings. The lowest BCUT2D eigenvalue weighted by atomic mass is 10.3. The molecule has 0 unspecified atom stereocenters. The van der Waals surface area contributed by atoms with Crippen molar-refractivity contribution in [3.63, 3.8) is 0 Å². The average molecular weight is 269 g/mol. The first-order chi connectivity index (χ1) is 9.08. The van der Waals surface area contributed by atoms with Crippen molar-refractivity contribution in [2.24, 2.45) is 0 Å². The Balaban J connectivity index is 2.77. The normalized spacial score (nSPS) is 10.0. The molecule has 0 spiro atoms. The van der Waals surface area contributed by atoms with Gasteiger partial charge in [0.2, 0.25) is 0 Å². The molecule has 0 saturated carbocycles. The maximum atomic E-state index is 11.5. The van der Waals surface area contributed by atoms with Crippen LogP contribution in [0.4, 0.5) is 5.69 Å². The van der Waals surface area contributed by atoms with E-state index in [2.05, 4.69) is 0 Å². The van der Waals surface area contributed by atoms with Crippen LogP contribution in [0.3, 0.4) is 0 Å². The van der Waals surface area contributed by atoms with Crippen LogP contribution in [-0.2, 0) is 9.53 Å². The van der Waals surface area contributed by atoms with E-state index in [1.54, 1.807) is 0 Å². The Bertz CT molecular complexity index is 460. The van der Waals surface area contributed by atoms with E-state index in [9.17, 15) is 14.9 Å². The predicted octanol–water partition coefficient (Wildman–Crippen LogP) is 1.94. The highest BCUT2D eigenvalue weighted by Gasteiger charge is 2.15. The number of nitro groups is 1. The monoisotopic (exact) mass is 269 g/mol. The van der Waals surface area contributed by atoms with E-state index in [0.29, 0.717) is 6.61 Å². The first kappa shape index (κ1) is 14.9. The first-order valence-electron chi connectivity index (χ1n) is 5.69. The Kier molecular flexibility index (Phi) is 5.74. The van der Waals surface area contributed by atoms with Gasteiger partial charge >= 0.3 is 5.97 Å². The summed E-state index contributed by atoms with van der Waals surface area (Å²) in [7, 11) is 1.39. The van der Waals surface area contributed by atoms with E-state index in [1.165, 1.54) is 19.2 Å². The third kappa shape index (κ3) is 4.55. The number of carbonyl (C=O) groups is 1. The summed E-state index contributed by atoms with van der Waals surface area (Å²) in [5.41, 5.74) is -0.173. The average Bonchev–Trinajstić information content (AvgIpc) is 2.38. The minimum atomic E-state index is -0.572. The van der Waals surface area contributed by atoms with Gasteiger partial charge in [0.05, 0.1) is 31.1 Å². The van der Waals surface area contributed by atoms with E-state index >= 15 is 0 Å². The van der Waals surface area contributed by atoms with Crippen LogP contribution >= 0.6 is 0 Å². The van der Waals surface area contributed by atoms with Gasteiger partial charge in [0.25, 0.3) is 5.69 Å². The van der Waals surface area contributed by atoms with Gasteiger partial charge in [0.1, 0.15) is 0 Å². The van der Waals surface area contributed by atoms with E-state index < -0.39 is 10.9 Å². The highest BCUT2D eigenvalue weighted by molar-refractivity contribution is 5.73. The Morgan fingerprint density at radius 3 is 2.68 bits per heavy atom. The van der Waals surface area contributed by atoms with Crippen LogP contribution in [0.25, 0.3) is 0 Å². The number of esters is 1. The van der Waals surface area contributed by atoms with Gasteiger partial charge in [-0.2, -0.15) is 0 Å². The molecular weight excluding hydrogens is 254 g/mol. The number of carbonyl (C=O) groups excluding carboxylic acids is 1. The lowest BCUT2D eigenvalue weighted by Crippen LogP contribution is -2.12. The zero-order valence-corrected chi connectivity index (χ0v) is 10.8. The maximum absolute atomic E-state index is 11.5. The van der Waals surface area contributed by atoms with Crippen molar-refractivity contribution in [2.45, 2.75) is 13.3 Å². The third-order valence-corrected chi connectivity index (χ3v) is 2.24. The minimum Gasteiger partial charge on any atom is -0.493 e. The number of methoxy groups -OCH3 is 1. The topological polar surface area (TPSA) is 87.9 Å². The molecule has 7 heteroatoms. The molecule has 0 atom stereocenters. The van der Waals surface area contributed by atoms with Gasteiger partial charge < -0.3 is 14.2 Å². The number of hydrogen-bond donors (Lipinski definition) is 0. The molecule has 0 aromatic heterocycles. The number of benzene rings is 1. The Morgan fingerprint density at radius 1 is 1.37 bits per heavy atom. The summed E-state index contributed by atoms with van der Waals surface area (Å²) in [6.45, 7) is 2.56. The molecule has 19 heavy (non-hydrogen) atoms. The largest absolute Gasteiger partial charge is 0.493 e. The summed E-state index contributed by atoms with van der Waals surface area (Å²) < 4.78 is 15.0. The molecule has 1 aromatic rings. The van der Waals surface area contributed by atoms with Crippen LogP contribution in [0.5, 0.6) is 11.5 Å². The fourth-order valence-corrected chi connectivity index (χ4v) is 1.33. The van der Waals surface area contributed by atoms with E-state index in [0.717, 1.165) is 6.07 Å². The zero-order valence-electron chi connectivity index (χ0n) is 10.8. The number of rotatable bonds is 7. The predicted molar refractivity (Wildman–Crippen MR) is 66.4 cm³/mol. The summed E-state index contributed by atoms with van der Waals surface area (Å²) >= 11 is 0. The van der Waals surface area contributed by atoms with Crippen LogP contribution < -0.4 is 9.47 Å². The van der Waals surface area contributed by atoms with E-state index in [1.807, 2.05) is 6.92 Å². The molecule has 104 valence electrons. The molecular formula is C12H15NO6.